The Balaban J connectivity index is 3.58. The zero-order valence-electron chi connectivity index (χ0n) is 37.8. The van der Waals surface area contributed by atoms with Gasteiger partial charge in [0, 0.05) is 6.42 Å². The fraction of sp³-hybridized carbons (Fsp3) is 0.755. The Morgan fingerprint density at radius 1 is 0.439 bits per heavy atom. The van der Waals surface area contributed by atoms with Gasteiger partial charge in [-0.15, -0.1) is 0 Å². The smallest absolute Gasteiger partial charge is 0.220 e. The molecule has 1 amide bonds. The summed E-state index contributed by atoms with van der Waals surface area (Å²) in [6, 6.07) is -0.564. The number of carbonyl (C=O) groups excluding carboxylic acids is 1. The monoisotopic (exact) mass is 794 g/mol. The Kier molecular flexibility index (Phi) is 46.4. The van der Waals surface area contributed by atoms with Crippen LogP contribution < -0.4 is 5.32 Å². The number of rotatable bonds is 44. The first-order valence-corrected chi connectivity index (χ1v) is 24.6. The molecule has 0 bridgehead atoms. The van der Waals surface area contributed by atoms with E-state index in [1.807, 2.05) is 0 Å². The standard InChI is InChI=1S/C53H95NO3/c1-3-5-7-9-11-13-15-17-19-21-23-25-26-27-29-30-32-34-36-38-40-42-44-46-48-52(56)51(50-55)54-53(57)49-47-45-43-41-39-37-35-33-31-28-24-22-20-18-16-14-12-10-8-6-4-2/h6,8,12,14,18,20,24,28,33,35,39,41,51-52,55-56H,3-5,7,9-11,13,15-17,19,21-23,25-27,29-32,34,36-38,40,42-50H2,1-2H3,(H,54,57)/b8-6-,14-12-,20-18-,28-24-,35-33-,41-39-. The lowest BCUT2D eigenvalue weighted by molar-refractivity contribution is -0.123. The number of amides is 1. The molecule has 0 spiro atoms. The number of carbonyl (C=O) groups is 1. The molecule has 0 aromatic rings. The van der Waals surface area contributed by atoms with Crippen molar-refractivity contribution in [1.82, 2.24) is 5.32 Å². The van der Waals surface area contributed by atoms with Crippen molar-refractivity contribution in [2.45, 2.75) is 251 Å². The fourth-order valence-electron chi connectivity index (χ4n) is 7.25. The predicted octanol–water partition coefficient (Wildman–Crippen LogP) is 15.9. The zero-order chi connectivity index (χ0) is 41.4. The predicted molar refractivity (Wildman–Crippen MR) is 253 cm³/mol. The summed E-state index contributed by atoms with van der Waals surface area (Å²) >= 11 is 0. The van der Waals surface area contributed by atoms with Crippen LogP contribution in [0.2, 0.25) is 0 Å². The third-order valence-corrected chi connectivity index (χ3v) is 11.0. The second-order valence-electron chi connectivity index (χ2n) is 16.5. The van der Waals surface area contributed by atoms with Gasteiger partial charge in [0.1, 0.15) is 0 Å². The van der Waals surface area contributed by atoms with E-state index in [9.17, 15) is 15.0 Å². The van der Waals surface area contributed by atoms with Gasteiger partial charge in [-0.05, 0) is 64.2 Å². The number of hydrogen-bond donors (Lipinski definition) is 3. The van der Waals surface area contributed by atoms with Crippen molar-refractivity contribution in [2.24, 2.45) is 0 Å². The van der Waals surface area contributed by atoms with Crippen LogP contribution in [0.4, 0.5) is 0 Å². The lowest BCUT2D eigenvalue weighted by atomic mass is 10.0. The lowest BCUT2D eigenvalue weighted by Gasteiger charge is -2.22. The molecule has 4 nitrogen and oxygen atoms in total. The van der Waals surface area contributed by atoms with Gasteiger partial charge in [0.2, 0.25) is 5.91 Å². The Hall–Kier alpha value is -2.17. The molecule has 0 fully saturated rings. The number of allylic oxidation sites excluding steroid dienone is 12. The first-order valence-electron chi connectivity index (χ1n) is 24.6. The molecule has 57 heavy (non-hydrogen) atoms. The molecule has 0 aliphatic rings. The highest BCUT2D eigenvalue weighted by Crippen LogP contribution is 2.16. The van der Waals surface area contributed by atoms with Crippen LogP contribution in [-0.2, 0) is 4.79 Å². The summed E-state index contributed by atoms with van der Waals surface area (Å²) < 4.78 is 0. The average Bonchev–Trinajstić information content (AvgIpc) is 3.22. The number of aliphatic hydroxyl groups is 2. The van der Waals surface area contributed by atoms with Gasteiger partial charge < -0.3 is 15.5 Å². The minimum absolute atomic E-state index is 0.0737. The summed E-state index contributed by atoms with van der Waals surface area (Å²) in [7, 11) is 0. The van der Waals surface area contributed by atoms with E-state index in [1.54, 1.807) is 0 Å². The van der Waals surface area contributed by atoms with Crippen molar-refractivity contribution in [2.75, 3.05) is 6.61 Å². The van der Waals surface area contributed by atoms with E-state index in [0.29, 0.717) is 12.8 Å². The molecule has 0 aromatic carbocycles. The maximum Gasteiger partial charge on any atom is 0.220 e. The Labute approximate surface area is 355 Å². The first-order chi connectivity index (χ1) is 28.2. The van der Waals surface area contributed by atoms with Crippen LogP contribution in [0.5, 0.6) is 0 Å². The highest BCUT2D eigenvalue weighted by molar-refractivity contribution is 5.76. The molecule has 4 heteroatoms. The Morgan fingerprint density at radius 3 is 1.12 bits per heavy atom. The minimum atomic E-state index is -0.683. The number of aliphatic hydroxyl groups excluding tert-OH is 2. The molecule has 3 N–H and O–H groups in total. The van der Waals surface area contributed by atoms with Gasteiger partial charge in [-0.3, -0.25) is 4.79 Å². The minimum Gasteiger partial charge on any atom is -0.394 e. The molecule has 0 heterocycles. The van der Waals surface area contributed by atoms with Crippen LogP contribution in [0.25, 0.3) is 0 Å². The van der Waals surface area contributed by atoms with Gasteiger partial charge >= 0.3 is 0 Å². The molecule has 0 saturated heterocycles. The molecule has 0 radical (unpaired) electrons. The number of hydrogen-bond acceptors (Lipinski definition) is 3. The second-order valence-corrected chi connectivity index (χ2v) is 16.5. The third-order valence-electron chi connectivity index (χ3n) is 11.0. The van der Waals surface area contributed by atoms with Gasteiger partial charge in [-0.1, -0.05) is 241 Å². The topological polar surface area (TPSA) is 69.6 Å². The fourth-order valence-corrected chi connectivity index (χ4v) is 7.25. The first kappa shape index (κ1) is 54.8. The van der Waals surface area contributed by atoms with E-state index in [2.05, 4.69) is 92.1 Å². The van der Waals surface area contributed by atoms with Gasteiger partial charge in [0.05, 0.1) is 18.8 Å². The SMILES string of the molecule is CC/C=C\C/C=C\C/C=C\C/C=C\C/C=C\C/C=C\CCCCC(=O)NC(CO)C(O)CCCCCCCCCCCCCCCCCCCCCCCCCC. The molecule has 0 aliphatic heterocycles. The van der Waals surface area contributed by atoms with Crippen molar-refractivity contribution in [3.63, 3.8) is 0 Å². The number of nitrogens with one attached hydrogen (secondary N) is 1. The zero-order valence-corrected chi connectivity index (χ0v) is 37.8. The van der Waals surface area contributed by atoms with Crippen molar-refractivity contribution in [3.8, 4) is 0 Å². The molecule has 330 valence electrons. The highest BCUT2D eigenvalue weighted by atomic mass is 16.3. The van der Waals surface area contributed by atoms with Crippen LogP contribution in [0.1, 0.15) is 239 Å². The molecule has 0 saturated carbocycles. The Morgan fingerprint density at radius 2 is 0.772 bits per heavy atom. The molecule has 0 aromatic heterocycles. The van der Waals surface area contributed by atoms with Crippen LogP contribution in [0.15, 0.2) is 72.9 Å². The summed E-state index contributed by atoms with van der Waals surface area (Å²) in [5.41, 5.74) is 0. The van der Waals surface area contributed by atoms with Gasteiger partial charge in [-0.2, -0.15) is 0 Å². The van der Waals surface area contributed by atoms with Crippen LogP contribution in [-0.4, -0.2) is 34.9 Å². The van der Waals surface area contributed by atoms with E-state index >= 15 is 0 Å². The maximum atomic E-state index is 12.4. The van der Waals surface area contributed by atoms with E-state index in [-0.39, 0.29) is 12.5 Å². The summed E-state index contributed by atoms with van der Waals surface area (Å²) in [5.74, 6) is -0.0737. The van der Waals surface area contributed by atoms with E-state index < -0.39 is 12.1 Å². The second kappa shape index (κ2) is 48.2. The molecule has 2 atom stereocenters. The van der Waals surface area contributed by atoms with Crippen LogP contribution in [0, 0.1) is 0 Å². The van der Waals surface area contributed by atoms with Gasteiger partial charge in [0.25, 0.3) is 0 Å². The summed E-state index contributed by atoms with van der Waals surface area (Å²) in [5, 5.41) is 23.2. The number of unbranched alkanes of at least 4 members (excludes halogenated alkanes) is 25. The molecular formula is C53H95NO3. The van der Waals surface area contributed by atoms with E-state index in [0.717, 1.165) is 70.6 Å². The van der Waals surface area contributed by atoms with Gasteiger partial charge in [-0.25, -0.2) is 0 Å². The molecular weight excluding hydrogens is 699 g/mol. The van der Waals surface area contributed by atoms with Crippen molar-refractivity contribution >= 4 is 5.91 Å². The third kappa shape index (κ3) is 44.8. The largest absolute Gasteiger partial charge is 0.394 e. The van der Waals surface area contributed by atoms with Crippen molar-refractivity contribution in [1.29, 1.82) is 0 Å². The normalized spacial score (nSPS) is 13.5. The summed E-state index contributed by atoms with van der Waals surface area (Å²) in [4.78, 5) is 12.4. The lowest BCUT2D eigenvalue weighted by Crippen LogP contribution is -2.45. The Bertz CT molecular complexity index is 992. The molecule has 2 unspecified atom stereocenters. The van der Waals surface area contributed by atoms with Crippen LogP contribution in [0.3, 0.4) is 0 Å². The van der Waals surface area contributed by atoms with E-state index in [4.69, 9.17) is 0 Å². The highest BCUT2D eigenvalue weighted by Gasteiger charge is 2.19. The van der Waals surface area contributed by atoms with E-state index in [1.165, 1.54) is 141 Å². The maximum absolute atomic E-state index is 12.4. The molecule has 0 rings (SSSR count). The van der Waals surface area contributed by atoms with Gasteiger partial charge in [0.15, 0.2) is 0 Å². The van der Waals surface area contributed by atoms with Crippen LogP contribution >= 0.6 is 0 Å². The summed E-state index contributed by atoms with van der Waals surface area (Å²) in [6.07, 6.45) is 68.6. The average molecular weight is 794 g/mol. The van der Waals surface area contributed by atoms with Crippen molar-refractivity contribution < 1.29 is 15.0 Å². The quantitative estimate of drug-likeness (QED) is 0.0425. The molecule has 0 aliphatic carbocycles. The van der Waals surface area contributed by atoms with Crippen molar-refractivity contribution in [3.05, 3.63) is 72.9 Å². The summed E-state index contributed by atoms with van der Waals surface area (Å²) in [6.45, 7) is 4.24.